The van der Waals surface area contributed by atoms with Gasteiger partial charge in [-0.25, -0.2) is 0 Å². The third-order valence-corrected chi connectivity index (χ3v) is 9.29. The van der Waals surface area contributed by atoms with Crippen LogP contribution >= 0.6 is 0 Å². The summed E-state index contributed by atoms with van der Waals surface area (Å²) in [6.07, 6.45) is 7.73. The second kappa shape index (κ2) is 20.5. The number of aromatic hydroxyl groups is 1. The molecular formula is C36H60O9. The van der Waals surface area contributed by atoms with Crippen LogP contribution in [0.2, 0.25) is 0 Å². The lowest BCUT2D eigenvalue weighted by molar-refractivity contribution is -0.173. The van der Waals surface area contributed by atoms with Crippen molar-refractivity contribution in [1.29, 1.82) is 0 Å². The predicted molar refractivity (Wildman–Crippen MR) is 175 cm³/mol. The summed E-state index contributed by atoms with van der Waals surface area (Å²) in [4.78, 5) is 34.6. The fraction of sp³-hybridized carbons (Fsp3) is 0.750. The number of rotatable bonds is 13. The zero-order chi connectivity index (χ0) is 34.0. The summed E-state index contributed by atoms with van der Waals surface area (Å²) in [5, 5.41) is 18.1. The third kappa shape index (κ3) is 14.5. The van der Waals surface area contributed by atoms with Crippen molar-refractivity contribution in [3.05, 3.63) is 24.3 Å². The van der Waals surface area contributed by atoms with Crippen molar-refractivity contribution < 1.29 is 43.5 Å². The molecule has 2 N–H and O–H groups in total. The number of carbonyl (C=O) groups excluding carboxylic acids is 3. The molecule has 45 heavy (non-hydrogen) atoms. The average molecular weight is 637 g/mol. The molecule has 0 spiro atoms. The lowest BCUT2D eigenvalue weighted by Gasteiger charge is -2.40. The molecule has 1 aliphatic heterocycles. The first kappa shape index (κ1) is 40.4. The molecular weight excluding hydrogens is 576 g/mol. The van der Waals surface area contributed by atoms with Crippen molar-refractivity contribution in [2.75, 3.05) is 33.0 Å². The van der Waals surface area contributed by atoms with Gasteiger partial charge in [-0.2, -0.15) is 0 Å². The Morgan fingerprint density at radius 1 is 0.889 bits per heavy atom. The van der Waals surface area contributed by atoms with E-state index in [0.717, 1.165) is 64.6 Å². The van der Waals surface area contributed by atoms with E-state index in [1.54, 1.807) is 12.1 Å². The second-order valence-corrected chi connectivity index (χ2v) is 13.4. The first-order valence-corrected chi connectivity index (χ1v) is 16.8. The molecule has 1 saturated carbocycles. The van der Waals surface area contributed by atoms with Crippen LogP contribution in [0.3, 0.4) is 0 Å². The Balaban J connectivity index is 0.000000338. The van der Waals surface area contributed by atoms with E-state index in [1.165, 1.54) is 12.1 Å². The highest BCUT2D eigenvalue weighted by Gasteiger charge is 2.38. The molecule has 1 aliphatic carbocycles. The van der Waals surface area contributed by atoms with Gasteiger partial charge in [-0.1, -0.05) is 41.5 Å². The Hall–Kier alpha value is -2.65. The quantitative estimate of drug-likeness (QED) is 0.172. The Bertz CT molecular complexity index is 987. The van der Waals surface area contributed by atoms with Gasteiger partial charge < -0.3 is 29.2 Å². The van der Waals surface area contributed by atoms with Gasteiger partial charge in [0.2, 0.25) is 0 Å². The smallest absolute Gasteiger partial charge is 0.316 e. The highest BCUT2D eigenvalue weighted by Crippen LogP contribution is 2.32. The van der Waals surface area contributed by atoms with E-state index < -0.39 is 5.41 Å². The molecule has 2 unspecified atom stereocenters. The SMILES string of the molecule is CCC(C)(C)C(=O)Oc1ccc(O)cc1.CCC(C)C(=O)OCC1(CC)COC1.CCC(C)C(=O)OCC1CCC(CO)CC1. The third-order valence-electron chi connectivity index (χ3n) is 9.29. The van der Waals surface area contributed by atoms with Crippen LogP contribution in [0.25, 0.3) is 0 Å². The van der Waals surface area contributed by atoms with Crippen LogP contribution in [-0.4, -0.2) is 61.2 Å². The van der Waals surface area contributed by atoms with E-state index in [2.05, 4.69) is 6.92 Å². The van der Waals surface area contributed by atoms with Crippen LogP contribution < -0.4 is 4.74 Å². The first-order valence-electron chi connectivity index (χ1n) is 16.8. The predicted octanol–water partition coefficient (Wildman–Crippen LogP) is 7.11. The number of esters is 3. The minimum Gasteiger partial charge on any atom is -0.508 e. The van der Waals surface area contributed by atoms with E-state index >= 15 is 0 Å². The molecule has 2 aliphatic rings. The molecule has 0 radical (unpaired) electrons. The van der Waals surface area contributed by atoms with E-state index in [-0.39, 0.29) is 40.9 Å². The first-order chi connectivity index (χ1) is 21.3. The largest absolute Gasteiger partial charge is 0.508 e. The highest BCUT2D eigenvalue weighted by atomic mass is 16.6. The number of benzene rings is 1. The van der Waals surface area contributed by atoms with Gasteiger partial charge in [-0.3, -0.25) is 14.4 Å². The van der Waals surface area contributed by atoms with Crippen molar-refractivity contribution >= 4 is 17.9 Å². The van der Waals surface area contributed by atoms with Gasteiger partial charge in [0, 0.05) is 6.61 Å². The number of carbonyl (C=O) groups is 3. The van der Waals surface area contributed by atoms with Crippen molar-refractivity contribution in [2.45, 2.75) is 107 Å². The second-order valence-electron chi connectivity index (χ2n) is 13.4. The number of aliphatic hydroxyl groups excluding tert-OH is 1. The summed E-state index contributed by atoms with van der Waals surface area (Å²) >= 11 is 0. The molecule has 2 fully saturated rings. The zero-order valence-corrected chi connectivity index (χ0v) is 29.1. The van der Waals surface area contributed by atoms with Crippen molar-refractivity contribution in [3.63, 3.8) is 0 Å². The van der Waals surface area contributed by atoms with Crippen LogP contribution in [0.15, 0.2) is 24.3 Å². The van der Waals surface area contributed by atoms with Crippen LogP contribution in [-0.2, 0) is 28.6 Å². The monoisotopic (exact) mass is 636 g/mol. The van der Waals surface area contributed by atoms with Gasteiger partial charge in [0.05, 0.1) is 42.5 Å². The number of hydrogen-bond donors (Lipinski definition) is 2. The maximum absolute atomic E-state index is 11.7. The summed E-state index contributed by atoms with van der Waals surface area (Å²) in [5.74, 6) is 1.24. The van der Waals surface area contributed by atoms with Gasteiger partial charge in [0.1, 0.15) is 18.1 Å². The summed E-state index contributed by atoms with van der Waals surface area (Å²) < 4.78 is 20.9. The van der Waals surface area contributed by atoms with E-state index in [4.69, 9.17) is 29.2 Å². The Morgan fingerprint density at radius 2 is 1.40 bits per heavy atom. The molecule has 1 saturated heterocycles. The number of phenolic OH excluding ortho intramolecular Hbond substituents is 1. The van der Waals surface area contributed by atoms with E-state index in [9.17, 15) is 14.4 Å². The Kier molecular flexibility index (Phi) is 18.4. The number of phenols is 1. The summed E-state index contributed by atoms with van der Waals surface area (Å²) in [6, 6.07) is 6.11. The fourth-order valence-electron chi connectivity index (χ4n) is 4.31. The molecule has 258 valence electrons. The molecule has 0 amide bonds. The van der Waals surface area contributed by atoms with Crippen LogP contribution in [0.4, 0.5) is 0 Å². The molecule has 0 bridgehead atoms. The molecule has 1 aromatic carbocycles. The van der Waals surface area contributed by atoms with Gasteiger partial charge in [0.15, 0.2) is 0 Å². The lowest BCUT2D eigenvalue weighted by atomic mass is 9.83. The Labute approximate surface area is 271 Å². The molecule has 2 atom stereocenters. The molecule has 1 aromatic rings. The zero-order valence-electron chi connectivity index (χ0n) is 29.1. The highest BCUT2D eigenvalue weighted by molar-refractivity contribution is 5.78. The summed E-state index contributed by atoms with van der Waals surface area (Å²) in [6.45, 7) is 18.4. The van der Waals surface area contributed by atoms with Gasteiger partial charge in [0.25, 0.3) is 0 Å². The number of aliphatic hydroxyl groups is 1. The molecule has 3 rings (SSSR count). The van der Waals surface area contributed by atoms with Crippen molar-refractivity contribution in [3.8, 4) is 11.5 Å². The lowest BCUT2D eigenvalue weighted by Crippen LogP contribution is -2.46. The van der Waals surface area contributed by atoms with E-state index in [1.807, 2.05) is 48.5 Å². The summed E-state index contributed by atoms with van der Waals surface area (Å²) in [5.41, 5.74) is -0.360. The average Bonchev–Trinajstić information content (AvgIpc) is 3.04. The van der Waals surface area contributed by atoms with Gasteiger partial charge in [-0.05, 0) is 101 Å². The standard InChI is InChI=1S/C13H24O3.C12H16O3.C11H20O3/c1-3-10(2)13(15)16-9-12-6-4-11(8-14)5-7-12;1-4-12(2,3)11(14)15-10-7-5-9(13)6-8-10;1-4-9(3)10(12)14-8-11(5-2)6-13-7-11/h10-12,14H,3-9H2,1-2H3;5-8,13H,4H2,1-3H3;9H,4-8H2,1-3H3. The minimum absolute atomic E-state index is 0.0184. The number of ether oxygens (including phenoxy) is 4. The summed E-state index contributed by atoms with van der Waals surface area (Å²) in [7, 11) is 0. The van der Waals surface area contributed by atoms with E-state index in [0.29, 0.717) is 37.4 Å². The molecule has 1 heterocycles. The molecule has 0 aromatic heterocycles. The van der Waals surface area contributed by atoms with Crippen LogP contribution in [0, 0.1) is 34.5 Å². The Morgan fingerprint density at radius 3 is 1.82 bits per heavy atom. The molecule has 9 heteroatoms. The maximum atomic E-state index is 11.7. The van der Waals surface area contributed by atoms with Crippen molar-refractivity contribution in [2.24, 2.45) is 34.5 Å². The number of hydrogen-bond acceptors (Lipinski definition) is 9. The normalized spacial score (nSPS) is 20.0. The van der Waals surface area contributed by atoms with Crippen molar-refractivity contribution in [1.82, 2.24) is 0 Å². The van der Waals surface area contributed by atoms with Crippen LogP contribution in [0.1, 0.15) is 107 Å². The topological polar surface area (TPSA) is 129 Å². The fourth-order valence-corrected chi connectivity index (χ4v) is 4.31. The minimum atomic E-state index is -0.474. The maximum Gasteiger partial charge on any atom is 0.316 e. The van der Waals surface area contributed by atoms with Gasteiger partial charge >= 0.3 is 17.9 Å². The van der Waals surface area contributed by atoms with Crippen LogP contribution in [0.5, 0.6) is 11.5 Å². The molecule has 9 nitrogen and oxygen atoms in total. The van der Waals surface area contributed by atoms with Gasteiger partial charge in [-0.15, -0.1) is 0 Å².